The zero-order valence-corrected chi connectivity index (χ0v) is 19.9. The van der Waals surface area contributed by atoms with Crippen LogP contribution in [0.15, 0.2) is 55.7 Å². The van der Waals surface area contributed by atoms with Crippen LogP contribution in [0.25, 0.3) is 6.08 Å². The first-order valence-electron chi connectivity index (χ1n) is 8.78. The molecule has 0 radical (unpaired) electrons. The van der Waals surface area contributed by atoms with E-state index in [1.807, 2.05) is 6.92 Å². The number of carbonyl (C=O) groups is 2. The molecule has 0 aliphatic carbocycles. The normalized spacial score (nSPS) is 15.0. The molecule has 8 nitrogen and oxygen atoms in total. The summed E-state index contributed by atoms with van der Waals surface area (Å²) >= 11 is 4.33. The molecule has 11 heteroatoms. The van der Waals surface area contributed by atoms with Crippen LogP contribution >= 0.6 is 27.7 Å². The Hall–Kier alpha value is -2.63. The predicted molar refractivity (Wildman–Crippen MR) is 122 cm³/mol. The second-order valence-electron chi connectivity index (χ2n) is 6.40. The van der Waals surface area contributed by atoms with Gasteiger partial charge in [0.05, 0.1) is 16.5 Å². The zero-order valence-electron chi connectivity index (χ0n) is 16.6. The second-order valence-corrected chi connectivity index (χ2v) is 9.83. The van der Waals surface area contributed by atoms with E-state index < -0.39 is 16.0 Å². The first-order chi connectivity index (χ1) is 14.6. The number of amides is 2. The van der Waals surface area contributed by atoms with E-state index >= 15 is 0 Å². The Bertz CT molecular complexity index is 1220. The van der Waals surface area contributed by atoms with Crippen LogP contribution in [-0.2, 0) is 19.7 Å². The molecular formula is C20H17BrN2O6S2. The Morgan fingerprint density at radius 1 is 1.23 bits per heavy atom. The number of nitrogens with one attached hydrogen (secondary N) is 1. The van der Waals surface area contributed by atoms with Gasteiger partial charge in [-0.2, -0.15) is 13.4 Å². The van der Waals surface area contributed by atoms with E-state index in [0.717, 1.165) is 17.3 Å². The van der Waals surface area contributed by atoms with E-state index in [4.69, 9.17) is 8.92 Å². The van der Waals surface area contributed by atoms with Crippen molar-refractivity contribution in [1.29, 1.82) is 0 Å². The maximum Gasteiger partial charge on any atom is 0.339 e. The number of aryl methyl sites for hydroxylation is 1. The Balaban J connectivity index is 1.90. The predicted octanol–water partition coefficient (Wildman–Crippen LogP) is 3.64. The third-order valence-corrected chi connectivity index (χ3v) is 6.68. The molecule has 2 aromatic rings. The Kier molecular flexibility index (Phi) is 6.87. The fourth-order valence-electron chi connectivity index (χ4n) is 2.53. The average Bonchev–Trinajstić information content (AvgIpc) is 3.02. The number of thioether (sulfide) groups is 1. The molecule has 1 heterocycles. The molecule has 1 N–H and O–H groups in total. The summed E-state index contributed by atoms with van der Waals surface area (Å²) in [6.07, 6.45) is 1.55. The molecule has 2 amide bonds. The van der Waals surface area contributed by atoms with Crippen LogP contribution in [-0.4, -0.2) is 32.5 Å². The minimum Gasteiger partial charge on any atom is -0.493 e. The fourth-order valence-corrected chi connectivity index (χ4v) is 5.00. The number of carbonyl (C=O) groups excluding carboxylic acids is 2. The van der Waals surface area contributed by atoms with E-state index in [2.05, 4.69) is 26.2 Å². The summed E-state index contributed by atoms with van der Waals surface area (Å²) in [5, 5.41) is 2.66. The highest BCUT2D eigenvalue weighted by Crippen LogP contribution is 2.40. The molecule has 0 aromatic heterocycles. The van der Waals surface area contributed by atoms with Gasteiger partial charge in [0.1, 0.15) is 4.90 Å². The van der Waals surface area contributed by atoms with Crippen molar-refractivity contribution >= 4 is 60.9 Å². The fraction of sp³-hybridized carbons (Fsp3) is 0.150. The van der Waals surface area contributed by atoms with E-state index in [0.29, 0.717) is 14.9 Å². The van der Waals surface area contributed by atoms with E-state index in [9.17, 15) is 18.0 Å². The highest BCUT2D eigenvalue weighted by Gasteiger charge is 2.24. The quantitative estimate of drug-likeness (QED) is 0.469. The summed E-state index contributed by atoms with van der Waals surface area (Å²) in [7, 11) is -2.72. The number of aliphatic imine (C=N–C) groups is 1. The first-order valence-corrected chi connectivity index (χ1v) is 11.8. The minimum atomic E-state index is -4.09. The van der Waals surface area contributed by atoms with Gasteiger partial charge in [0.15, 0.2) is 16.7 Å². The summed E-state index contributed by atoms with van der Waals surface area (Å²) in [6.45, 7) is 3.17. The maximum absolute atomic E-state index is 12.7. The zero-order chi connectivity index (χ0) is 22.8. The van der Waals surface area contributed by atoms with E-state index in [-0.39, 0.29) is 27.5 Å². The molecule has 0 unspecified atom stereocenters. The van der Waals surface area contributed by atoms with Crippen molar-refractivity contribution < 1.29 is 26.9 Å². The van der Waals surface area contributed by atoms with Crippen LogP contribution in [0, 0.1) is 6.92 Å². The first kappa shape index (κ1) is 23.0. The maximum atomic E-state index is 12.7. The lowest BCUT2D eigenvalue weighted by Gasteiger charge is -2.13. The van der Waals surface area contributed by atoms with Crippen LogP contribution in [0.3, 0.4) is 0 Å². The van der Waals surface area contributed by atoms with Gasteiger partial charge in [-0.25, -0.2) is 0 Å². The number of benzene rings is 2. The SMILES string of the molecule is COc1cc(/C=C2\SC(NC(C)=O)=NC2=O)cc(Br)c1OS(=O)(=O)c1ccc(C)cc1. The Labute approximate surface area is 192 Å². The lowest BCUT2D eigenvalue weighted by Crippen LogP contribution is -2.23. The second kappa shape index (κ2) is 9.25. The van der Waals surface area contributed by atoms with Gasteiger partial charge in [0, 0.05) is 6.92 Å². The van der Waals surface area contributed by atoms with Crippen molar-refractivity contribution in [2.24, 2.45) is 4.99 Å². The summed E-state index contributed by atoms with van der Waals surface area (Å²) in [6, 6.07) is 9.37. The van der Waals surface area contributed by atoms with E-state index in [1.165, 1.54) is 32.2 Å². The average molecular weight is 525 g/mol. The molecule has 2 aromatic carbocycles. The highest BCUT2D eigenvalue weighted by atomic mass is 79.9. The number of rotatable bonds is 5. The van der Waals surface area contributed by atoms with Crippen molar-refractivity contribution in [2.75, 3.05) is 7.11 Å². The molecule has 3 rings (SSSR count). The lowest BCUT2D eigenvalue weighted by molar-refractivity contribution is -0.117. The Morgan fingerprint density at radius 3 is 2.52 bits per heavy atom. The van der Waals surface area contributed by atoms with Crippen LogP contribution in [0.5, 0.6) is 11.5 Å². The molecule has 0 saturated carbocycles. The van der Waals surface area contributed by atoms with E-state index in [1.54, 1.807) is 24.3 Å². The third kappa shape index (κ3) is 5.54. The standard InChI is InChI=1S/C20H17BrN2O6S2/c1-11-4-6-14(7-5-11)31(26,27)29-18-15(21)8-13(9-16(18)28-3)10-17-19(25)23-20(30-17)22-12(2)24/h4-10H,1-3H3,(H,22,23,24,25)/b17-10-. The molecule has 31 heavy (non-hydrogen) atoms. The van der Waals surface area contributed by atoms with Gasteiger partial charge in [-0.15, -0.1) is 0 Å². The Morgan fingerprint density at radius 2 is 1.90 bits per heavy atom. The number of amidine groups is 1. The molecule has 162 valence electrons. The summed E-state index contributed by atoms with van der Waals surface area (Å²) in [5.41, 5.74) is 1.46. The smallest absolute Gasteiger partial charge is 0.339 e. The highest BCUT2D eigenvalue weighted by molar-refractivity contribution is 9.10. The number of nitrogens with zero attached hydrogens (tertiary/aromatic N) is 1. The van der Waals surface area contributed by atoms with Gasteiger partial charge < -0.3 is 14.2 Å². The summed E-state index contributed by atoms with van der Waals surface area (Å²) < 4.78 is 36.3. The van der Waals surface area contributed by atoms with Crippen molar-refractivity contribution in [3.63, 3.8) is 0 Å². The molecule has 0 bridgehead atoms. The number of hydrogen-bond donors (Lipinski definition) is 1. The molecule has 1 aliphatic rings. The molecule has 0 atom stereocenters. The van der Waals surface area contributed by atoms with Crippen LogP contribution in [0.2, 0.25) is 0 Å². The summed E-state index contributed by atoms with van der Waals surface area (Å²) in [4.78, 5) is 27.3. The number of ether oxygens (including phenoxy) is 1. The van der Waals surface area contributed by atoms with Crippen molar-refractivity contribution in [1.82, 2.24) is 5.32 Å². The van der Waals surface area contributed by atoms with Crippen LogP contribution < -0.4 is 14.2 Å². The molecule has 0 fully saturated rings. The number of methoxy groups -OCH3 is 1. The van der Waals surface area contributed by atoms with Gasteiger partial charge in [0.2, 0.25) is 5.91 Å². The van der Waals surface area contributed by atoms with Crippen molar-refractivity contribution in [3.05, 3.63) is 56.9 Å². The lowest BCUT2D eigenvalue weighted by atomic mass is 10.2. The monoisotopic (exact) mass is 524 g/mol. The van der Waals surface area contributed by atoms with Gasteiger partial charge >= 0.3 is 10.1 Å². The van der Waals surface area contributed by atoms with Crippen molar-refractivity contribution in [3.8, 4) is 11.5 Å². The molecule has 0 saturated heterocycles. The largest absolute Gasteiger partial charge is 0.493 e. The molecular weight excluding hydrogens is 508 g/mol. The van der Waals surface area contributed by atoms with Gasteiger partial charge in [-0.05, 0) is 70.5 Å². The van der Waals surface area contributed by atoms with Crippen molar-refractivity contribution in [2.45, 2.75) is 18.7 Å². The van der Waals surface area contributed by atoms with Crippen LogP contribution in [0.4, 0.5) is 0 Å². The van der Waals surface area contributed by atoms with Gasteiger partial charge in [-0.1, -0.05) is 17.7 Å². The van der Waals surface area contributed by atoms with Crippen LogP contribution in [0.1, 0.15) is 18.1 Å². The summed E-state index contributed by atoms with van der Waals surface area (Å²) in [5.74, 6) is -0.701. The number of halogens is 1. The topological polar surface area (TPSA) is 111 Å². The van der Waals surface area contributed by atoms with Gasteiger partial charge in [-0.3, -0.25) is 9.59 Å². The minimum absolute atomic E-state index is 0.00819. The third-order valence-electron chi connectivity index (χ3n) is 3.96. The van der Waals surface area contributed by atoms with Gasteiger partial charge in [0.25, 0.3) is 5.91 Å². The molecule has 1 aliphatic heterocycles. The molecule has 0 spiro atoms. The number of hydrogen-bond acceptors (Lipinski definition) is 7.